The number of halogens is 1. The second-order valence-corrected chi connectivity index (χ2v) is 6.12. The van der Waals surface area contributed by atoms with E-state index < -0.39 is 0 Å². The highest BCUT2D eigenvalue weighted by molar-refractivity contribution is 6.30. The van der Waals surface area contributed by atoms with Crippen LogP contribution in [-0.2, 0) is 4.79 Å². The lowest BCUT2D eigenvalue weighted by atomic mass is 9.86. The predicted molar refractivity (Wildman–Crippen MR) is 71.3 cm³/mol. The lowest BCUT2D eigenvalue weighted by Crippen LogP contribution is -2.40. The van der Waals surface area contributed by atoms with Crippen LogP contribution in [0.3, 0.4) is 0 Å². The van der Waals surface area contributed by atoms with Gasteiger partial charge in [-0.2, -0.15) is 0 Å². The van der Waals surface area contributed by atoms with Crippen molar-refractivity contribution in [2.75, 3.05) is 13.1 Å². The third-order valence-corrected chi connectivity index (χ3v) is 4.57. The maximum Gasteiger partial charge on any atom is 0.240 e. The molecule has 1 heterocycles. The topological polar surface area (TPSA) is 20.3 Å². The van der Waals surface area contributed by atoms with Gasteiger partial charge in [-0.1, -0.05) is 32.1 Å². The number of likely N-dealkylation sites (tertiary alicyclic amines) is 1. The molecule has 2 aliphatic rings. The van der Waals surface area contributed by atoms with Gasteiger partial charge in [0, 0.05) is 13.1 Å². The van der Waals surface area contributed by atoms with Gasteiger partial charge in [0.1, 0.15) is 5.38 Å². The van der Waals surface area contributed by atoms with Crippen molar-refractivity contribution in [1.82, 2.24) is 4.90 Å². The van der Waals surface area contributed by atoms with E-state index in [1.807, 2.05) is 4.90 Å². The van der Waals surface area contributed by atoms with E-state index in [1.54, 1.807) is 0 Å². The Balaban J connectivity index is 1.77. The summed E-state index contributed by atoms with van der Waals surface area (Å²) >= 11 is 6.31. The second-order valence-electron chi connectivity index (χ2n) is 5.59. The van der Waals surface area contributed by atoms with E-state index in [4.69, 9.17) is 11.6 Å². The second kappa shape index (κ2) is 6.63. The van der Waals surface area contributed by atoms with Gasteiger partial charge in [0.2, 0.25) is 5.91 Å². The lowest BCUT2D eigenvalue weighted by molar-refractivity contribution is -0.132. The molecule has 0 N–H and O–H groups in total. The van der Waals surface area contributed by atoms with E-state index in [0.717, 1.165) is 32.4 Å². The molecule has 0 aromatic carbocycles. The van der Waals surface area contributed by atoms with Crippen molar-refractivity contribution in [3.63, 3.8) is 0 Å². The van der Waals surface area contributed by atoms with E-state index in [-0.39, 0.29) is 11.3 Å². The zero-order chi connectivity index (χ0) is 12.1. The molecule has 17 heavy (non-hydrogen) atoms. The van der Waals surface area contributed by atoms with Gasteiger partial charge in [0.15, 0.2) is 0 Å². The summed E-state index contributed by atoms with van der Waals surface area (Å²) in [5.41, 5.74) is 0. The van der Waals surface area contributed by atoms with Crippen molar-refractivity contribution in [2.45, 2.75) is 63.2 Å². The summed E-state index contributed by atoms with van der Waals surface area (Å²) in [5, 5.41) is -0.267. The van der Waals surface area contributed by atoms with Crippen LogP contribution in [0, 0.1) is 5.92 Å². The van der Waals surface area contributed by atoms with Crippen LogP contribution in [0.15, 0.2) is 0 Å². The highest BCUT2D eigenvalue weighted by Gasteiger charge is 2.26. The molecular formula is C14H24ClNO. The van der Waals surface area contributed by atoms with E-state index >= 15 is 0 Å². The molecule has 1 unspecified atom stereocenters. The number of hydrogen-bond donors (Lipinski definition) is 0. The Morgan fingerprint density at radius 3 is 2.29 bits per heavy atom. The highest BCUT2D eigenvalue weighted by atomic mass is 35.5. The smallest absolute Gasteiger partial charge is 0.240 e. The van der Waals surface area contributed by atoms with Gasteiger partial charge in [0.05, 0.1) is 0 Å². The standard InChI is InChI=1S/C14H24ClNO/c15-13(11-12-7-3-1-4-8-12)14(17)16-9-5-2-6-10-16/h12-13H,1-11H2. The average molecular weight is 258 g/mol. The molecule has 1 amide bonds. The van der Waals surface area contributed by atoms with Gasteiger partial charge in [-0.15, -0.1) is 11.6 Å². The molecule has 0 radical (unpaired) electrons. The average Bonchev–Trinajstić information content (AvgIpc) is 2.40. The van der Waals surface area contributed by atoms with Gasteiger partial charge < -0.3 is 4.90 Å². The Morgan fingerprint density at radius 2 is 1.65 bits per heavy atom. The van der Waals surface area contributed by atoms with Crippen molar-refractivity contribution >= 4 is 17.5 Å². The van der Waals surface area contributed by atoms with Crippen LogP contribution in [0.5, 0.6) is 0 Å². The first-order valence-corrected chi connectivity index (χ1v) is 7.64. The summed E-state index contributed by atoms with van der Waals surface area (Å²) in [6, 6.07) is 0. The molecule has 1 aliphatic carbocycles. The van der Waals surface area contributed by atoms with Gasteiger partial charge in [0.25, 0.3) is 0 Å². The first kappa shape index (κ1) is 13.2. The SMILES string of the molecule is O=C(C(Cl)CC1CCCCC1)N1CCCCC1. The molecule has 0 bridgehead atoms. The normalized spacial score (nSPS) is 24.6. The summed E-state index contributed by atoms with van der Waals surface area (Å²) in [4.78, 5) is 14.1. The fourth-order valence-corrected chi connectivity index (χ4v) is 3.52. The summed E-state index contributed by atoms with van der Waals surface area (Å²) in [6.07, 6.45) is 11.0. The minimum absolute atomic E-state index is 0.192. The molecule has 1 saturated carbocycles. The first-order valence-electron chi connectivity index (χ1n) is 7.20. The highest BCUT2D eigenvalue weighted by Crippen LogP contribution is 2.29. The molecule has 0 aromatic heterocycles. The Morgan fingerprint density at radius 1 is 1.06 bits per heavy atom. The van der Waals surface area contributed by atoms with Crippen molar-refractivity contribution in [3.05, 3.63) is 0 Å². The van der Waals surface area contributed by atoms with Crippen molar-refractivity contribution in [3.8, 4) is 0 Å². The third kappa shape index (κ3) is 3.87. The Hall–Kier alpha value is -0.240. The summed E-state index contributed by atoms with van der Waals surface area (Å²) in [5.74, 6) is 0.886. The molecule has 2 rings (SSSR count). The predicted octanol–water partition coefficient (Wildman–Crippen LogP) is 3.58. The number of amides is 1. The Kier molecular flexibility index (Phi) is 5.15. The van der Waals surface area contributed by atoms with Crippen LogP contribution >= 0.6 is 11.6 Å². The molecule has 98 valence electrons. The molecule has 2 fully saturated rings. The third-order valence-electron chi connectivity index (χ3n) is 4.20. The number of piperidine rings is 1. The van der Waals surface area contributed by atoms with Crippen LogP contribution < -0.4 is 0 Å². The number of rotatable bonds is 3. The fraction of sp³-hybridized carbons (Fsp3) is 0.929. The molecule has 0 spiro atoms. The molecule has 1 atom stereocenters. The van der Waals surface area contributed by atoms with E-state index in [0.29, 0.717) is 5.92 Å². The number of carbonyl (C=O) groups excluding carboxylic acids is 1. The fourth-order valence-electron chi connectivity index (χ4n) is 3.13. The van der Waals surface area contributed by atoms with E-state index in [1.165, 1.54) is 38.5 Å². The van der Waals surface area contributed by atoms with Crippen molar-refractivity contribution < 1.29 is 4.79 Å². The van der Waals surface area contributed by atoms with Crippen LogP contribution in [0.2, 0.25) is 0 Å². The van der Waals surface area contributed by atoms with Gasteiger partial charge in [-0.25, -0.2) is 0 Å². The number of carbonyl (C=O) groups is 1. The summed E-state index contributed by atoms with van der Waals surface area (Å²) < 4.78 is 0. The van der Waals surface area contributed by atoms with Crippen LogP contribution in [0.4, 0.5) is 0 Å². The monoisotopic (exact) mass is 257 g/mol. The molecule has 1 aliphatic heterocycles. The molecule has 0 aromatic rings. The van der Waals surface area contributed by atoms with Crippen LogP contribution in [0.25, 0.3) is 0 Å². The minimum Gasteiger partial charge on any atom is -0.341 e. The molecular weight excluding hydrogens is 234 g/mol. The summed E-state index contributed by atoms with van der Waals surface area (Å²) in [6.45, 7) is 1.85. The molecule has 1 saturated heterocycles. The van der Waals surface area contributed by atoms with Gasteiger partial charge in [-0.05, 0) is 31.6 Å². The van der Waals surface area contributed by atoms with E-state index in [2.05, 4.69) is 0 Å². The van der Waals surface area contributed by atoms with Crippen molar-refractivity contribution in [1.29, 1.82) is 0 Å². The first-order chi connectivity index (χ1) is 8.27. The maximum atomic E-state index is 12.2. The Labute approximate surface area is 110 Å². The largest absolute Gasteiger partial charge is 0.341 e. The van der Waals surface area contributed by atoms with E-state index in [9.17, 15) is 4.79 Å². The minimum atomic E-state index is -0.267. The van der Waals surface area contributed by atoms with Crippen LogP contribution in [-0.4, -0.2) is 29.3 Å². The molecule has 3 heteroatoms. The Bertz CT molecular complexity index is 245. The maximum absolute atomic E-state index is 12.2. The van der Waals surface area contributed by atoms with Gasteiger partial charge >= 0.3 is 0 Å². The lowest BCUT2D eigenvalue weighted by Gasteiger charge is -2.30. The van der Waals surface area contributed by atoms with Gasteiger partial charge in [-0.3, -0.25) is 4.79 Å². The summed E-state index contributed by atoms with van der Waals surface area (Å²) in [7, 11) is 0. The zero-order valence-corrected chi connectivity index (χ0v) is 11.4. The number of hydrogen-bond acceptors (Lipinski definition) is 1. The molecule has 2 nitrogen and oxygen atoms in total. The number of nitrogens with zero attached hydrogens (tertiary/aromatic N) is 1. The quantitative estimate of drug-likeness (QED) is 0.708. The number of alkyl halides is 1. The zero-order valence-electron chi connectivity index (χ0n) is 10.7. The van der Waals surface area contributed by atoms with Crippen molar-refractivity contribution in [2.24, 2.45) is 5.92 Å². The van der Waals surface area contributed by atoms with Crippen LogP contribution in [0.1, 0.15) is 57.8 Å².